The number of thiophene rings is 1. The fourth-order valence-electron chi connectivity index (χ4n) is 2.45. The standard InChI is InChI=1S/C17H19N3O3S/c1-3-12-9-11(2)16(23-12)17(22)18-15-10-13(14-5-4-8-24-14)19-20(15)6-7-21/h4-5,8-10,21H,3,6-7H2,1-2H3,(H,18,22). The fourth-order valence-corrected chi connectivity index (χ4v) is 3.13. The SMILES string of the molecule is CCc1cc(C)c(C(=O)Nc2cc(-c3cccs3)nn2CCO)o1. The lowest BCUT2D eigenvalue weighted by molar-refractivity contribution is 0.0993. The van der Waals surface area contributed by atoms with Gasteiger partial charge in [-0.05, 0) is 24.4 Å². The summed E-state index contributed by atoms with van der Waals surface area (Å²) in [5.74, 6) is 1.30. The number of nitrogens with zero attached hydrogens (tertiary/aromatic N) is 2. The van der Waals surface area contributed by atoms with Crippen molar-refractivity contribution in [1.29, 1.82) is 0 Å². The van der Waals surface area contributed by atoms with Gasteiger partial charge in [-0.1, -0.05) is 13.0 Å². The summed E-state index contributed by atoms with van der Waals surface area (Å²) < 4.78 is 7.18. The molecule has 0 spiro atoms. The number of hydrogen-bond donors (Lipinski definition) is 2. The van der Waals surface area contributed by atoms with E-state index in [9.17, 15) is 9.90 Å². The maximum absolute atomic E-state index is 12.5. The first-order valence-electron chi connectivity index (χ1n) is 7.75. The van der Waals surface area contributed by atoms with Crippen LogP contribution in [0.3, 0.4) is 0 Å². The van der Waals surface area contributed by atoms with Crippen LogP contribution in [-0.4, -0.2) is 27.4 Å². The third kappa shape index (κ3) is 3.27. The van der Waals surface area contributed by atoms with Crippen molar-refractivity contribution in [2.24, 2.45) is 0 Å². The van der Waals surface area contributed by atoms with Crippen LogP contribution in [0.1, 0.15) is 28.8 Å². The minimum absolute atomic E-state index is 0.0613. The van der Waals surface area contributed by atoms with E-state index in [1.54, 1.807) is 22.1 Å². The number of aryl methyl sites for hydroxylation is 2. The van der Waals surface area contributed by atoms with Crippen molar-refractivity contribution in [3.63, 3.8) is 0 Å². The molecule has 1 amide bonds. The van der Waals surface area contributed by atoms with Crippen LogP contribution in [0, 0.1) is 6.92 Å². The van der Waals surface area contributed by atoms with E-state index in [0.29, 0.717) is 18.1 Å². The summed E-state index contributed by atoms with van der Waals surface area (Å²) in [6.07, 6.45) is 0.735. The highest BCUT2D eigenvalue weighted by Gasteiger charge is 2.18. The number of carbonyl (C=O) groups is 1. The Morgan fingerprint density at radius 2 is 2.29 bits per heavy atom. The van der Waals surface area contributed by atoms with Gasteiger partial charge in [-0.2, -0.15) is 5.10 Å². The van der Waals surface area contributed by atoms with Crippen LogP contribution in [0.15, 0.2) is 34.1 Å². The minimum atomic E-state index is -0.316. The van der Waals surface area contributed by atoms with E-state index in [4.69, 9.17) is 4.42 Å². The maximum atomic E-state index is 12.5. The largest absolute Gasteiger partial charge is 0.456 e. The molecule has 3 aromatic rings. The summed E-state index contributed by atoms with van der Waals surface area (Å²) in [4.78, 5) is 13.5. The molecular formula is C17H19N3O3S. The molecule has 0 atom stereocenters. The molecule has 24 heavy (non-hydrogen) atoms. The smallest absolute Gasteiger partial charge is 0.292 e. The number of carbonyl (C=O) groups excluding carboxylic acids is 1. The Morgan fingerprint density at radius 1 is 1.46 bits per heavy atom. The molecule has 6 nitrogen and oxygen atoms in total. The molecule has 0 aliphatic heterocycles. The molecule has 0 unspecified atom stereocenters. The summed E-state index contributed by atoms with van der Waals surface area (Å²) in [5.41, 5.74) is 1.57. The zero-order chi connectivity index (χ0) is 17.1. The fraction of sp³-hybridized carbons (Fsp3) is 0.294. The Bertz CT molecular complexity index is 834. The first kappa shape index (κ1) is 16.5. The van der Waals surface area contributed by atoms with Gasteiger partial charge in [-0.25, -0.2) is 4.68 Å². The molecule has 0 aliphatic rings. The van der Waals surface area contributed by atoms with Gasteiger partial charge in [0.2, 0.25) is 0 Å². The highest BCUT2D eigenvalue weighted by Crippen LogP contribution is 2.26. The van der Waals surface area contributed by atoms with Crippen molar-refractivity contribution in [3.8, 4) is 10.6 Å². The summed E-state index contributed by atoms with van der Waals surface area (Å²) in [6, 6.07) is 7.59. The lowest BCUT2D eigenvalue weighted by Crippen LogP contribution is -2.17. The number of aliphatic hydroxyl groups excluding tert-OH is 1. The molecule has 0 bridgehead atoms. The van der Waals surface area contributed by atoms with Crippen LogP contribution in [0.4, 0.5) is 5.82 Å². The third-order valence-corrected chi connectivity index (χ3v) is 4.52. The Hall–Kier alpha value is -2.38. The van der Waals surface area contributed by atoms with Crippen LogP contribution < -0.4 is 5.32 Å². The Labute approximate surface area is 143 Å². The Balaban J connectivity index is 1.87. The number of amides is 1. The van der Waals surface area contributed by atoms with E-state index < -0.39 is 0 Å². The van der Waals surface area contributed by atoms with Crippen molar-refractivity contribution in [2.45, 2.75) is 26.8 Å². The molecule has 0 aromatic carbocycles. The zero-order valence-corrected chi connectivity index (χ0v) is 14.4. The number of anilines is 1. The molecule has 126 valence electrons. The van der Waals surface area contributed by atoms with Crippen molar-refractivity contribution >= 4 is 23.1 Å². The summed E-state index contributed by atoms with van der Waals surface area (Å²) in [6.45, 7) is 4.07. The van der Waals surface area contributed by atoms with E-state index in [1.165, 1.54) is 0 Å². The van der Waals surface area contributed by atoms with Crippen LogP contribution in [0.25, 0.3) is 10.6 Å². The lowest BCUT2D eigenvalue weighted by Gasteiger charge is -2.06. The van der Waals surface area contributed by atoms with E-state index in [0.717, 1.165) is 28.3 Å². The number of aromatic nitrogens is 2. The van der Waals surface area contributed by atoms with Gasteiger partial charge >= 0.3 is 0 Å². The topological polar surface area (TPSA) is 80.3 Å². The summed E-state index contributed by atoms with van der Waals surface area (Å²) in [7, 11) is 0. The zero-order valence-electron chi connectivity index (χ0n) is 13.6. The molecule has 0 fully saturated rings. The van der Waals surface area contributed by atoms with Crippen LogP contribution in [0.5, 0.6) is 0 Å². The third-order valence-electron chi connectivity index (χ3n) is 3.63. The Morgan fingerprint density at radius 3 is 2.92 bits per heavy atom. The first-order valence-corrected chi connectivity index (χ1v) is 8.63. The van der Waals surface area contributed by atoms with Gasteiger partial charge < -0.3 is 14.8 Å². The molecule has 0 saturated heterocycles. The van der Waals surface area contributed by atoms with Crippen molar-refractivity contribution < 1.29 is 14.3 Å². The van der Waals surface area contributed by atoms with Crippen LogP contribution >= 0.6 is 11.3 Å². The minimum Gasteiger partial charge on any atom is -0.456 e. The molecular weight excluding hydrogens is 326 g/mol. The van der Waals surface area contributed by atoms with E-state index >= 15 is 0 Å². The highest BCUT2D eigenvalue weighted by atomic mass is 32.1. The van der Waals surface area contributed by atoms with Crippen molar-refractivity contribution in [3.05, 3.63) is 46.7 Å². The van der Waals surface area contributed by atoms with Crippen LogP contribution in [-0.2, 0) is 13.0 Å². The number of rotatable bonds is 6. The second-order valence-corrected chi connectivity index (χ2v) is 6.32. The van der Waals surface area contributed by atoms with Gasteiger partial charge in [0.1, 0.15) is 17.3 Å². The van der Waals surface area contributed by atoms with Gasteiger partial charge in [0.15, 0.2) is 5.76 Å². The van der Waals surface area contributed by atoms with E-state index in [-0.39, 0.29) is 12.5 Å². The monoisotopic (exact) mass is 345 g/mol. The van der Waals surface area contributed by atoms with Gasteiger partial charge in [0, 0.05) is 18.1 Å². The number of aliphatic hydroxyl groups is 1. The number of hydrogen-bond acceptors (Lipinski definition) is 5. The summed E-state index contributed by atoms with van der Waals surface area (Å²) in [5, 5.41) is 18.5. The number of nitrogens with one attached hydrogen (secondary N) is 1. The predicted octanol–water partition coefficient (Wildman–Crippen LogP) is 3.32. The van der Waals surface area contributed by atoms with Gasteiger partial charge in [0.05, 0.1) is 18.0 Å². The molecule has 3 rings (SSSR count). The van der Waals surface area contributed by atoms with Gasteiger partial charge in [0.25, 0.3) is 5.91 Å². The molecule has 3 heterocycles. The predicted molar refractivity (Wildman–Crippen MR) is 93.4 cm³/mol. The lowest BCUT2D eigenvalue weighted by atomic mass is 10.2. The van der Waals surface area contributed by atoms with Gasteiger partial charge in [-0.3, -0.25) is 4.79 Å². The first-order chi connectivity index (χ1) is 11.6. The van der Waals surface area contributed by atoms with Crippen molar-refractivity contribution in [2.75, 3.05) is 11.9 Å². The van der Waals surface area contributed by atoms with E-state index in [1.807, 2.05) is 37.4 Å². The molecule has 2 N–H and O–H groups in total. The quantitative estimate of drug-likeness (QED) is 0.718. The van der Waals surface area contributed by atoms with Crippen molar-refractivity contribution in [1.82, 2.24) is 9.78 Å². The highest BCUT2D eigenvalue weighted by molar-refractivity contribution is 7.13. The van der Waals surface area contributed by atoms with Gasteiger partial charge in [-0.15, -0.1) is 11.3 Å². The molecule has 3 aromatic heterocycles. The average Bonchev–Trinajstić information content (AvgIpc) is 3.27. The molecule has 0 aliphatic carbocycles. The average molecular weight is 345 g/mol. The second kappa shape index (κ2) is 7.02. The summed E-state index contributed by atoms with van der Waals surface area (Å²) >= 11 is 1.57. The van der Waals surface area contributed by atoms with E-state index in [2.05, 4.69) is 10.4 Å². The molecule has 0 radical (unpaired) electrons. The normalized spacial score (nSPS) is 11.0. The molecule has 0 saturated carbocycles. The second-order valence-electron chi connectivity index (χ2n) is 5.37. The maximum Gasteiger partial charge on any atom is 0.292 e. The Kier molecular flexibility index (Phi) is 4.82. The number of furan rings is 1. The van der Waals surface area contributed by atoms with Crippen LogP contribution in [0.2, 0.25) is 0 Å². The molecule has 7 heteroatoms.